The Morgan fingerprint density at radius 1 is 0.400 bits per heavy atom. The number of furan rings is 2. The van der Waals surface area contributed by atoms with Crippen molar-refractivity contribution >= 4 is 65.4 Å². The first-order chi connectivity index (χ1) is 26.9. The van der Waals surface area contributed by atoms with E-state index in [4.69, 9.17) is 25.3 Å². The number of rotatable bonds is 2. The molecule has 186 valence electrons. The highest BCUT2D eigenvalue weighted by Gasteiger charge is 2.19. The van der Waals surface area contributed by atoms with Crippen molar-refractivity contribution in [3.63, 3.8) is 0 Å². The molecule has 0 aliphatic heterocycles. The molecule has 0 radical (unpaired) electrons. The predicted octanol–water partition coefficient (Wildman–Crippen LogP) is 11.1. The summed E-state index contributed by atoms with van der Waals surface area (Å²) < 4.78 is 163. The van der Waals surface area contributed by atoms with Crippen molar-refractivity contribution < 1.29 is 32.1 Å². The van der Waals surface area contributed by atoms with Crippen LogP contribution in [0.25, 0.3) is 87.7 Å². The minimum atomic E-state index is -0.727. The summed E-state index contributed by atoms with van der Waals surface area (Å²) in [4.78, 5) is 0. The van der Waals surface area contributed by atoms with Crippen molar-refractivity contribution in [1.29, 1.82) is 0 Å². The third kappa shape index (κ3) is 2.93. The molecule has 9 rings (SSSR count). The first-order valence-electron chi connectivity index (χ1n) is 20.7. The van der Waals surface area contributed by atoms with Gasteiger partial charge in [0.05, 0.1) is 23.3 Å². The van der Waals surface area contributed by atoms with Gasteiger partial charge in [-0.1, -0.05) is 103 Å². The summed E-state index contributed by atoms with van der Waals surface area (Å²) in [6, 6.07) is -2.41. The third-order valence-electron chi connectivity index (χ3n) is 7.02. The van der Waals surface area contributed by atoms with E-state index in [0.29, 0.717) is 5.56 Å². The van der Waals surface area contributed by atoms with Crippen LogP contribution < -0.4 is 0 Å². The van der Waals surface area contributed by atoms with E-state index in [2.05, 4.69) is 0 Å². The van der Waals surface area contributed by atoms with Gasteiger partial charge in [-0.25, -0.2) is 0 Å². The molecule has 2 heterocycles. The maximum Gasteiger partial charge on any atom is 0.136 e. The molecular formula is C38H22O2. The molecule has 0 amide bonds. The van der Waals surface area contributed by atoms with E-state index in [-0.39, 0.29) is 71.0 Å². The minimum Gasteiger partial charge on any atom is -0.456 e. The standard InChI is InChI=1S/C38H22O2/c1-2-10-23(11-3-1)35-25-12-4-6-14-27(25)36(28-15-7-5-13-26(28)35)24-18-19-30-34(22-24)40-33-21-20-32-37(38(30)33)29-16-8-9-17-31(29)39-32/h1-22H/i4D,5D,6D,7D,8D,9D,12D,13D,14D,15D,16D,17D,18D,19D,20D,21D,22D. The molecular weight excluding hydrogens is 488 g/mol. The molecule has 0 aliphatic rings. The van der Waals surface area contributed by atoms with Gasteiger partial charge < -0.3 is 8.83 Å². The molecule has 0 saturated heterocycles. The van der Waals surface area contributed by atoms with Crippen LogP contribution in [0.3, 0.4) is 0 Å². The highest BCUT2D eigenvalue weighted by molar-refractivity contribution is 6.26. The van der Waals surface area contributed by atoms with E-state index in [1.54, 1.807) is 30.3 Å². The summed E-state index contributed by atoms with van der Waals surface area (Å²) in [6.45, 7) is 0. The molecule has 0 spiro atoms. The quantitative estimate of drug-likeness (QED) is 0.209. The highest BCUT2D eigenvalue weighted by atomic mass is 16.3. The smallest absolute Gasteiger partial charge is 0.136 e. The molecule has 2 aromatic heterocycles. The lowest BCUT2D eigenvalue weighted by Gasteiger charge is -2.17. The number of benzene rings is 7. The summed E-state index contributed by atoms with van der Waals surface area (Å²) in [6.07, 6.45) is 0. The first kappa shape index (κ1) is 11.0. The number of hydrogen-bond donors (Lipinski definition) is 0. The van der Waals surface area contributed by atoms with E-state index in [1.807, 2.05) is 0 Å². The molecule has 0 atom stereocenters. The Kier molecular flexibility index (Phi) is 2.23. The topological polar surface area (TPSA) is 26.3 Å². The highest BCUT2D eigenvalue weighted by Crippen LogP contribution is 2.45. The van der Waals surface area contributed by atoms with Crippen LogP contribution in [0.2, 0.25) is 0 Å². The average molecular weight is 528 g/mol. The fourth-order valence-electron chi connectivity index (χ4n) is 5.39. The van der Waals surface area contributed by atoms with Crippen molar-refractivity contribution in [3.05, 3.63) is 133 Å². The molecule has 0 unspecified atom stereocenters. The van der Waals surface area contributed by atoms with Gasteiger partial charge in [0.1, 0.15) is 22.3 Å². The largest absolute Gasteiger partial charge is 0.456 e. The first-order valence-corrected chi connectivity index (χ1v) is 12.2. The van der Waals surface area contributed by atoms with Crippen LogP contribution in [0.1, 0.15) is 23.3 Å². The summed E-state index contributed by atoms with van der Waals surface area (Å²) in [5, 5.41) is -1.59. The zero-order valence-electron chi connectivity index (χ0n) is 37.2. The third-order valence-corrected chi connectivity index (χ3v) is 7.02. The zero-order chi connectivity index (χ0) is 41.0. The van der Waals surface area contributed by atoms with Gasteiger partial charge in [-0.05, 0) is 74.0 Å². The van der Waals surface area contributed by atoms with E-state index in [9.17, 15) is 6.85 Å². The van der Waals surface area contributed by atoms with E-state index in [1.165, 1.54) is 0 Å². The van der Waals surface area contributed by atoms with Crippen molar-refractivity contribution in [1.82, 2.24) is 0 Å². The van der Waals surface area contributed by atoms with Gasteiger partial charge in [-0.3, -0.25) is 0 Å². The molecule has 9 aromatic rings. The van der Waals surface area contributed by atoms with E-state index in [0.717, 1.165) is 0 Å². The lowest BCUT2D eigenvalue weighted by atomic mass is 9.86. The second kappa shape index (κ2) is 8.08. The molecule has 0 saturated carbocycles. The molecule has 0 N–H and O–H groups in total. The van der Waals surface area contributed by atoms with Gasteiger partial charge in [0, 0.05) is 21.5 Å². The maximum absolute atomic E-state index is 9.62. The normalized spacial score (nSPS) is 17.9. The Morgan fingerprint density at radius 2 is 0.900 bits per heavy atom. The van der Waals surface area contributed by atoms with Crippen LogP contribution in [0.5, 0.6) is 0 Å². The second-order valence-corrected chi connectivity index (χ2v) is 9.14. The lowest BCUT2D eigenvalue weighted by Crippen LogP contribution is -1.90. The van der Waals surface area contributed by atoms with E-state index >= 15 is 0 Å². The lowest BCUT2D eigenvalue weighted by molar-refractivity contribution is 0.663. The SMILES string of the molecule is [2H]c1c([2H])c([2H])c2c(oc3c([2H])c([2H])c4oc5c([2H])c(-c6c7c([2H])c([2H])c([2H])c([2H])c7c(-c7ccccc7)c7c([2H])c([2H])c([2H])c([2H])c67)c([2H])c([2H])c5c4c32)c1[2H]. The molecule has 2 nitrogen and oxygen atoms in total. The van der Waals surface area contributed by atoms with Gasteiger partial charge in [0.2, 0.25) is 0 Å². The van der Waals surface area contributed by atoms with Crippen molar-refractivity contribution in [3.8, 4) is 22.3 Å². The molecule has 0 aliphatic carbocycles. The summed E-state index contributed by atoms with van der Waals surface area (Å²) in [5.41, 5.74) is -1.89. The Balaban J connectivity index is 1.58. The van der Waals surface area contributed by atoms with Gasteiger partial charge in [0.25, 0.3) is 0 Å². The molecule has 0 fully saturated rings. The fourth-order valence-corrected chi connectivity index (χ4v) is 5.39. The maximum atomic E-state index is 9.62. The van der Waals surface area contributed by atoms with Crippen LogP contribution in [0.15, 0.2) is 142 Å². The van der Waals surface area contributed by atoms with Crippen molar-refractivity contribution in [2.75, 3.05) is 0 Å². The van der Waals surface area contributed by atoms with Gasteiger partial charge in [0.15, 0.2) is 0 Å². The van der Waals surface area contributed by atoms with Gasteiger partial charge >= 0.3 is 0 Å². The Morgan fingerprint density at radius 3 is 1.52 bits per heavy atom. The Hall–Kier alpha value is -5.34. The average Bonchev–Trinajstić information content (AvgIpc) is 3.80. The summed E-state index contributed by atoms with van der Waals surface area (Å²) >= 11 is 0. The Bertz CT molecular complexity index is 3290. The minimum absolute atomic E-state index is 0.0536. The predicted molar refractivity (Wildman–Crippen MR) is 167 cm³/mol. The molecule has 7 aromatic carbocycles. The summed E-state index contributed by atoms with van der Waals surface area (Å²) in [7, 11) is 0. The zero-order valence-corrected chi connectivity index (χ0v) is 20.2. The number of fused-ring (bicyclic) bond motifs is 9. The van der Waals surface area contributed by atoms with Crippen LogP contribution in [-0.4, -0.2) is 0 Å². The molecule has 2 heteroatoms. The van der Waals surface area contributed by atoms with E-state index < -0.39 is 114 Å². The van der Waals surface area contributed by atoms with Crippen molar-refractivity contribution in [2.45, 2.75) is 0 Å². The summed E-state index contributed by atoms with van der Waals surface area (Å²) in [5.74, 6) is 0. The van der Waals surface area contributed by atoms with Crippen LogP contribution >= 0.6 is 0 Å². The van der Waals surface area contributed by atoms with Crippen molar-refractivity contribution in [2.24, 2.45) is 0 Å². The van der Waals surface area contributed by atoms with Gasteiger partial charge in [-0.2, -0.15) is 0 Å². The van der Waals surface area contributed by atoms with Crippen LogP contribution in [0, 0.1) is 0 Å². The number of para-hydroxylation sites is 1. The van der Waals surface area contributed by atoms with Gasteiger partial charge in [-0.15, -0.1) is 0 Å². The second-order valence-electron chi connectivity index (χ2n) is 9.14. The van der Waals surface area contributed by atoms with Crippen LogP contribution in [-0.2, 0) is 0 Å². The fraction of sp³-hybridized carbons (Fsp3) is 0. The van der Waals surface area contributed by atoms with Crippen LogP contribution in [0.4, 0.5) is 0 Å². The molecule has 0 bridgehead atoms. The number of hydrogen-bond acceptors (Lipinski definition) is 2. The molecule has 40 heavy (non-hydrogen) atoms. The Labute approximate surface area is 253 Å². The monoisotopic (exact) mass is 527 g/mol.